The lowest BCUT2D eigenvalue weighted by Gasteiger charge is -2.12. The third kappa shape index (κ3) is 4.50. The number of anilines is 1. The van der Waals surface area contributed by atoms with Gasteiger partial charge >= 0.3 is 0 Å². The summed E-state index contributed by atoms with van der Waals surface area (Å²) in [5.41, 5.74) is 8.42. The van der Waals surface area contributed by atoms with E-state index in [1.54, 1.807) is 6.26 Å². The topological polar surface area (TPSA) is 93.2 Å². The number of hydrogen-bond donors (Lipinski definition) is 2. The first-order valence-corrected chi connectivity index (χ1v) is 10.3. The molecule has 1 amide bonds. The lowest BCUT2D eigenvalue weighted by molar-refractivity contribution is 0.0994. The Morgan fingerprint density at radius 3 is 2.46 bits per heavy atom. The van der Waals surface area contributed by atoms with Crippen molar-refractivity contribution in [2.75, 3.05) is 24.6 Å². The van der Waals surface area contributed by atoms with Crippen LogP contribution in [0, 0.1) is 0 Å². The smallest absolute Gasteiger partial charge is 0.269 e. The monoisotopic (exact) mass is 377 g/mol. The summed E-state index contributed by atoms with van der Waals surface area (Å²) in [7, 11) is 0.911. The van der Waals surface area contributed by atoms with Gasteiger partial charge in [-0.1, -0.05) is 13.8 Å². The summed E-state index contributed by atoms with van der Waals surface area (Å²) >= 11 is 0. The van der Waals surface area contributed by atoms with E-state index in [1.807, 2.05) is 45.2 Å². The highest BCUT2D eigenvalue weighted by Crippen LogP contribution is 2.27. The molecule has 8 heteroatoms. The Kier molecular flexibility index (Phi) is 6.93. The number of nitrogens with two attached hydrogens (primary N) is 1. The Morgan fingerprint density at radius 1 is 1.23 bits per heavy atom. The average Bonchev–Trinajstić information content (AvgIpc) is 2.84. The quantitative estimate of drug-likeness (QED) is 0.854. The zero-order valence-corrected chi connectivity index (χ0v) is 16.6. The summed E-state index contributed by atoms with van der Waals surface area (Å²) in [6.07, 6.45) is 2.57. The highest BCUT2D eigenvalue weighted by molar-refractivity contribution is 7.85. The van der Waals surface area contributed by atoms with Crippen molar-refractivity contribution in [2.24, 2.45) is 5.73 Å². The maximum absolute atomic E-state index is 11.8. The molecule has 0 bridgehead atoms. The summed E-state index contributed by atoms with van der Waals surface area (Å²) in [4.78, 5) is 18.5. The van der Waals surface area contributed by atoms with Gasteiger partial charge in [0, 0.05) is 30.6 Å². The molecule has 0 saturated carbocycles. The Hall–Kier alpha value is -2.19. The van der Waals surface area contributed by atoms with Gasteiger partial charge in [0.15, 0.2) is 5.69 Å². The molecule has 1 aliphatic rings. The van der Waals surface area contributed by atoms with E-state index < -0.39 is 16.9 Å². The zero-order chi connectivity index (χ0) is 19.3. The largest absolute Gasteiger partial charge is 0.364 e. The Bertz CT molecular complexity index is 786. The second-order valence-corrected chi connectivity index (χ2v) is 7.08. The van der Waals surface area contributed by atoms with Crippen LogP contribution in [0.4, 0.5) is 5.69 Å². The molecule has 0 radical (unpaired) electrons. The van der Waals surface area contributed by atoms with Gasteiger partial charge in [0.05, 0.1) is 5.69 Å². The van der Waals surface area contributed by atoms with Gasteiger partial charge in [-0.15, -0.1) is 0 Å². The van der Waals surface area contributed by atoms with E-state index in [0.717, 1.165) is 42.3 Å². The van der Waals surface area contributed by atoms with Crippen LogP contribution < -0.4 is 10.5 Å². The van der Waals surface area contributed by atoms with Crippen molar-refractivity contribution in [1.82, 2.24) is 14.5 Å². The van der Waals surface area contributed by atoms with E-state index in [0.29, 0.717) is 12.2 Å². The van der Waals surface area contributed by atoms with Gasteiger partial charge in [-0.25, -0.2) is 9.19 Å². The van der Waals surface area contributed by atoms with Gasteiger partial charge in [0.1, 0.15) is 16.8 Å². The van der Waals surface area contributed by atoms with E-state index in [2.05, 4.69) is 19.2 Å². The molecule has 1 atom stereocenters. The Labute approximate surface area is 157 Å². The summed E-state index contributed by atoms with van der Waals surface area (Å²) in [6, 6.07) is 7.52. The number of hydrogen-bond acceptors (Lipinski definition) is 4. The normalized spacial score (nSPS) is 15.2. The number of nitrogens with one attached hydrogen (secondary N) is 1. The highest BCUT2D eigenvalue weighted by Gasteiger charge is 2.24. The number of imidazole rings is 1. The third-order valence-corrected chi connectivity index (χ3v) is 4.58. The summed E-state index contributed by atoms with van der Waals surface area (Å²) < 4.78 is 16.2. The maximum atomic E-state index is 11.8. The number of rotatable bonds is 4. The second-order valence-electron chi connectivity index (χ2n) is 5.97. The van der Waals surface area contributed by atoms with E-state index in [-0.39, 0.29) is 0 Å². The van der Waals surface area contributed by atoms with Gasteiger partial charge in [-0.05, 0) is 44.3 Å². The van der Waals surface area contributed by atoms with Crippen LogP contribution >= 0.6 is 0 Å². The first-order chi connectivity index (χ1) is 12.5. The minimum atomic E-state index is -1.12. The molecule has 1 aromatic carbocycles. The van der Waals surface area contributed by atoms with Crippen molar-refractivity contribution in [1.29, 1.82) is 0 Å². The zero-order valence-electron chi connectivity index (χ0n) is 15.8. The molecule has 0 spiro atoms. The molecule has 0 aliphatic carbocycles. The van der Waals surface area contributed by atoms with Gasteiger partial charge in [-0.3, -0.25) is 4.79 Å². The molecule has 0 saturated heterocycles. The minimum absolute atomic E-state index is 0.343. The van der Waals surface area contributed by atoms with Crippen LogP contribution in [0.15, 0.2) is 24.3 Å². The molecule has 3 rings (SSSR count). The number of carbonyl (C=O) groups is 1. The molecule has 1 unspecified atom stereocenters. The summed E-state index contributed by atoms with van der Waals surface area (Å²) in [5.74, 6) is 0.248. The number of benzene rings is 1. The molecule has 1 aromatic heterocycles. The molecular weight excluding hydrogens is 350 g/mol. The van der Waals surface area contributed by atoms with Crippen LogP contribution in [0.3, 0.4) is 0 Å². The van der Waals surface area contributed by atoms with E-state index in [4.69, 9.17) is 5.73 Å². The SMILES string of the molecule is CC.CN1CCCn2c(-c3ccc(NS(C)=O)cc3)nc(C(N)=O)c2C1. The van der Waals surface area contributed by atoms with Crippen molar-refractivity contribution < 1.29 is 9.00 Å². The lowest BCUT2D eigenvalue weighted by Crippen LogP contribution is -2.21. The van der Waals surface area contributed by atoms with E-state index in [1.165, 1.54) is 0 Å². The van der Waals surface area contributed by atoms with Gasteiger partial charge in [-0.2, -0.15) is 0 Å². The summed E-state index contributed by atoms with van der Waals surface area (Å²) in [5, 5.41) is 0. The minimum Gasteiger partial charge on any atom is -0.364 e. The molecule has 7 nitrogen and oxygen atoms in total. The fraction of sp³-hybridized carbons (Fsp3) is 0.444. The van der Waals surface area contributed by atoms with Gasteiger partial charge in [0.25, 0.3) is 5.91 Å². The first-order valence-electron chi connectivity index (χ1n) is 8.74. The van der Waals surface area contributed by atoms with Crippen LogP contribution in [-0.2, 0) is 24.1 Å². The van der Waals surface area contributed by atoms with Crippen molar-refractivity contribution in [3.63, 3.8) is 0 Å². The summed E-state index contributed by atoms with van der Waals surface area (Å²) in [6.45, 7) is 6.42. The van der Waals surface area contributed by atoms with Crippen molar-refractivity contribution in [2.45, 2.75) is 33.4 Å². The molecule has 26 heavy (non-hydrogen) atoms. The number of nitrogens with zero attached hydrogens (tertiary/aromatic N) is 3. The van der Waals surface area contributed by atoms with Crippen molar-refractivity contribution >= 4 is 22.6 Å². The first kappa shape index (κ1) is 20.1. The highest BCUT2D eigenvalue weighted by atomic mass is 32.2. The Balaban J connectivity index is 0.00000117. The fourth-order valence-corrected chi connectivity index (χ4v) is 3.46. The van der Waals surface area contributed by atoms with Crippen LogP contribution in [0.25, 0.3) is 11.4 Å². The molecule has 2 heterocycles. The second kappa shape index (κ2) is 8.95. The molecule has 142 valence electrons. The average molecular weight is 378 g/mol. The standard InChI is InChI=1S/C16H21N5O2S.C2H6/c1-20-8-3-9-21-13(10-20)14(15(17)22)18-16(21)11-4-6-12(7-5-11)19-24(2)23;1-2/h4-7,19H,3,8-10H2,1-2H3,(H2,17,22);1-2H3. The maximum Gasteiger partial charge on any atom is 0.269 e. The number of carbonyl (C=O) groups excluding carboxylic acids is 1. The Morgan fingerprint density at radius 2 is 1.88 bits per heavy atom. The van der Waals surface area contributed by atoms with Crippen LogP contribution in [0.5, 0.6) is 0 Å². The molecular formula is C18H27N5O2S. The number of aromatic nitrogens is 2. The van der Waals surface area contributed by atoms with Crippen LogP contribution in [0.1, 0.15) is 36.5 Å². The third-order valence-electron chi connectivity index (χ3n) is 4.05. The molecule has 0 fully saturated rings. The molecule has 1 aliphatic heterocycles. The van der Waals surface area contributed by atoms with Crippen LogP contribution in [0.2, 0.25) is 0 Å². The molecule has 3 N–H and O–H groups in total. The number of primary amides is 1. The predicted molar refractivity (Wildman–Crippen MR) is 106 cm³/mol. The van der Waals surface area contributed by atoms with Crippen LogP contribution in [-0.4, -0.2) is 44.4 Å². The number of fused-ring (bicyclic) bond motifs is 1. The fourth-order valence-electron chi connectivity index (χ4n) is 2.99. The van der Waals surface area contributed by atoms with Crippen molar-refractivity contribution in [3.8, 4) is 11.4 Å². The number of amides is 1. The lowest BCUT2D eigenvalue weighted by atomic mass is 10.2. The predicted octanol–water partition coefficient (Wildman–Crippen LogP) is 2.22. The van der Waals surface area contributed by atoms with Gasteiger partial charge < -0.3 is 19.9 Å². The van der Waals surface area contributed by atoms with Crippen molar-refractivity contribution in [3.05, 3.63) is 35.7 Å². The van der Waals surface area contributed by atoms with Gasteiger partial charge in [0.2, 0.25) is 0 Å². The van der Waals surface area contributed by atoms with E-state index in [9.17, 15) is 9.00 Å². The molecule has 2 aromatic rings. The van der Waals surface area contributed by atoms with E-state index >= 15 is 0 Å².